The van der Waals surface area contributed by atoms with E-state index in [2.05, 4.69) is 29.4 Å². The third-order valence-corrected chi connectivity index (χ3v) is 4.56. The minimum Gasteiger partial charge on any atom is -0.364 e. The predicted molar refractivity (Wildman–Crippen MR) is 110 cm³/mol. The molecule has 0 bridgehead atoms. The van der Waals surface area contributed by atoms with Gasteiger partial charge in [-0.3, -0.25) is 4.79 Å². The Morgan fingerprint density at radius 1 is 1.00 bits per heavy atom. The fraction of sp³-hybridized carbons (Fsp3) is 0.217. The van der Waals surface area contributed by atoms with Gasteiger partial charge < -0.3 is 10.2 Å². The van der Waals surface area contributed by atoms with E-state index in [4.69, 9.17) is 0 Å². The Kier molecular flexibility index (Phi) is 6.21. The zero-order chi connectivity index (χ0) is 19.1. The number of anilines is 1. The zero-order valence-electron chi connectivity index (χ0n) is 15.8. The lowest BCUT2D eigenvalue weighted by molar-refractivity contribution is 0.0752. The maximum atomic E-state index is 12.8. The Morgan fingerprint density at radius 2 is 1.67 bits per heavy atom. The summed E-state index contributed by atoms with van der Waals surface area (Å²) in [6.45, 7) is 5.33. The molecule has 0 fully saturated rings. The van der Waals surface area contributed by atoms with Gasteiger partial charge in [0, 0.05) is 25.3 Å². The highest BCUT2D eigenvalue weighted by molar-refractivity contribution is 5.94. The van der Waals surface area contributed by atoms with Crippen molar-refractivity contribution in [2.24, 2.45) is 0 Å². The van der Waals surface area contributed by atoms with Crippen LogP contribution in [0, 0.1) is 0 Å². The molecule has 0 saturated carbocycles. The van der Waals surface area contributed by atoms with Crippen molar-refractivity contribution < 1.29 is 4.79 Å². The molecule has 0 aliphatic rings. The van der Waals surface area contributed by atoms with Crippen LogP contribution in [0.5, 0.6) is 0 Å². The van der Waals surface area contributed by atoms with Crippen molar-refractivity contribution in [2.45, 2.75) is 26.4 Å². The minimum atomic E-state index is -0.00323. The molecule has 0 aliphatic heterocycles. The van der Waals surface area contributed by atoms with Gasteiger partial charge in [-0.25, -0.2) is 4.98 Å². The Bertz CT molecular complexity index is 848. The van der Waals surface area contributed by atoms with E-state index >= 15 is 0 Å². The second-order valence-electron chi connectivity index (χ2n) is 6.51. The smallest absolute Gasteiger partial charge is 0.255 e. The van der Waals surface area contributed by atoms with E-state index in [1.54, 1.807) is 6.20 Å². The fourth-order valence-electron chi connectivity index (χ4n) is 2.97. The summed E-state index contributed by atoms with van der Waals surface area (Å²) in [5.74, 6) is 0.755. The second kappa shape index (κ2) is 8.99. The van der Waals surface area contributed by atoms with E-state index < -0.39 is 0 Å². The van der Waals surface area contributed by atoms with Crippen molar-refractivity contribution in [1.82, 2.24) is 9.88 Å². The number of benzene rings is 2. The maximum absolute atomic E-state index is 12.8. The van der Waals surface area contributed by atoms with E-state index in [1.165, 1.54) is 5.56 Å². The van der Waals surface area contributed by atoms with Crippen molar-refractivity contribution in [3.8, 4) is 0 Å². The van der Waals surface area contributed by atoms with E-state index in [1.807, 2.05) is 72.5 Å². The molecule has 1 unspecified atom stereocenters. The summed E-state index contributed by atoms with van der Waals surface area (Å²) in [5.41, 5.74) is 2.92. The largest absolute Gasteiger partial charge is 0.364 e. The van der Waals surface area contributed by atoms with Gasteiger partial charge >= 0.3 is 0 Å². The number of carbonyl (C=O) groups excluding carboxylic acids is 1. The molecule has 138 valence electrons. The highest BCUT2D eigenvalue weighted by Crippen LogP contribution is 2.18. The standard InChI is InChI=1S/C23H25N3O/c1-3-26(17-19-10-6-4-7-11-19)23(27)21-14-15-22(24-16-21)25-18(2)20-12-8-5-9-13-20/h4-16,18H,3,17H2,1-2H3,(H,24,25). The number of hydrogen-bond acceptors (Lipinski definition) is 3. The van der Waals surface area contributed by atoms with Crippen LogP contribution in [-0.4, -0.2) is 22.3 Å². The number of pyridine rings is 1. The summed E-state index contributed by atoms with van der Waals surface area (Å²) in [7, 11) is 0. The van der Waals surface area contributed by atoms with Gasteiger partial charge in [-0.1, -0.05) is 60.7 Å². The molecule has 1 aromatic heterocycles. The van der Waals surface area contributed by atoms with Crippen LogP contribution in [-0.2, 0) is 6.54 Å². The van der Waals surface area contributed by atoms with Crippen LogP contribution in [0.1, 0.15) is 41.4 Å². The molecule has 1 atom stereocenters. The third-order valence-electron chi connectivity index (χ3n) is 4.56. The van der Waals surface area contributed by atoms with E-state index in [0.717, 1.165) is 11.4 Å². The number of nitrogens with zero attached hydrogens (tertiary/aromatic N) is 2. The first-order valence-corrected chi connectivity index (χ1v) is 9.28. The summed E-state index contributed by atoms with van der Waals surface area (Å²) in [6.07, 6.45) is 1.65. The van der Waals surface area contributed by atoms with Gasteiger partial charge in [-0.2, -0.15) is 0 Å². The topological polar surface area (TPSA) is 45.2 Å². The van der Waals surface area contributed by atoms with Crippen LogP contribution in [0.3, 0.4) is 0 Å². The van der Waals surface area contributed by atoms with Crippen LogP contribution in [0.15, 0.2) is 79.0 Å². The molecule has 0 spiro atoms. The van der Waals surface area contributed by atoms with Gasteiger partial charge in [0.05, 0.1) is 5.56 Å². The Labute approximate surface area is 160 Å². The number of rotatable bonds is 7. The quantitative estimate of drug-likeness (QED) is 0.651. The number of carbonyl (C=O) groups is 1. The SMILES string of the molecule is CCN(Cc1ccccc1)C(=O)c1ccc(NC(C)c2ccccc2)nc1. The summed E-state index contributed by atoms with van der Waals surface area (Å²) in [6, 6.07) is 24.1. The van der Waals surface area contributed by atoms with E-state index in [9.17, 15) is 4.79 Å². The average molecular weight is 359 g/mol. The monoisotopic (exact) mass is 359 g/mol. The van der Waals surface area contributed by atoms with Gasteiger partial charge in [0.15, 0.2) is 0 Å². The number of amides is 1. The van der Waals surface area contributed by atoms with Crippen LogP contribution in [0.2, 0.25) is 0 Å². The first-order valence-electron chi connectivity index (χ1n) is 9.28. The first-order chi connectivity index (χ1) is 13.2. The van der Waals surface area contributed by atoms with Crippen LogP contribution >= 0.6 is 0 Å². The van der Waals surface area contributed by atoms with Crippen LogP contribution in [0.4, 0.5) is 5.82 Å². The highest BCUT2D eigenvalue weighted by Gasteiger charge is 2.15. The number of aromatic nitrogens is 1. The lowest BCUT2D eigenvalue weighted by Crippen LogP contribution is -2.30. The Balaban J connectivity index is 1.65. The molecule has 0 radical (unpaired) electrons. The minimum absolute atomic E-state index is 0.00323. The molecule has 0 saturated heterocycles. The van der Waals surface area contributed by atoms with Crippen LogP contribution < -0.4 is 5.32 Å². The Hall–Kier alpha value is -3.14. The highest BCUT2D eigenvalue weighted by atomic mass is 16.2. The summed E-state index contributed by atoms with van der Waals surface area (Å²) in [4.78, 5) is 19.1. The van der Waals surface area contributed by atoms with Crippen molar-refractivity contribution in [2.75, 3.05) is 11.9 Å². The molecular formula is C23H25N3O. The fourth-order valence-corrected chi connectivity index (χ4v) is 2.97. The van der Waals surface area contributed by atoms with Gasteiger partial charge in [-0.05, 0) is 37.1 Å². The summed E-state index contributed by atoms with van der Waals surface area (Å²) >= 11 is 0. The lowest BCUT2D eigenvalue weighted by Gasteiger charge is -2.21. The second-order valence-corrected chi connectivity index (χ2v) is 6.51. The molecule has 27 heavy (non-hydrogen) atoms. The molecule has 0 aliphatic carbocycles. The van der Waals surface area contributed by atoms with Gasteiger partial charge in [-0.15, -0.1) is 0 Å². The lowest BCUT2D eigenvalue weighted by atomic mass is 10.1. The normalized spacial score (nSPS) is 11.6. The van der Waals surface area contributed by atoms with Crippen molar-refractivity contribution in [3.63, 3.8) is 0 Å². The van der Waals surface area contributed by atoms with Gasteiger partial charge in [0.1, 0.15) is 5.82 Å². The molecule has 4 heteroatoms. The first kappa shape index (κ1) is 18.6. The van der Waals surface area contributed by atoms with Gasteiger partial charge in [0.2, 0.25) is 0 Å². The van der Waals surface area contributed by atoms with Crippen molar-refractivity contribution in [1.29, 1.82) is 0 Å². The maximum Gasteiger partial charge on any atom is 0.255 e. The predicted octanol–water partition coefficient (Wildman–Crippen LogP) is 4.92. The molecule has 3 rings (SSSR count). The molecule has 1 heterocycles. The van der Waals surface area contributed by atoms with Gasteiger partial charge in [0.25, 0.3) is 5.91 Å². The number of hydrogen-bond donors (Lipinski definition) is 1. The molecular weight excluding hydrogens is 334 g/mol. The molecule has 1 N–H and O–H groups in total. The van der Waals surface area contributed by atoms with Crippen LogP contribution in [0.25, 0.3) is 0 Å². The summed E-state index contributed by atoms with van der Waals surface area (Å²) < 4.78 is 0. The zero-order valence-corrected chi connectivity index (χ0v) is 15.8. The van der Waals surface area contributed by atoms with E-state index in [-0.39, 0.29) is 11.9 Å². The molecule has 2 aromatic carbocycles. The number of nitrogens with one attached hydrogen (secondary N) is 1. The molecule has 1 amide bonds. The summed E-state index contributed by atoms with van der Waals surface area (Å²) in [5, 5.41) is 3.37. The Morgan fingerprint density at radius 3 is 2.26 bits per heavy atom. The average Bonchev–Trinajstić information content (AvgIpc) is 2.73. The molecule has 4 nitrogen and oxygen atoms in total. The third kappa shape index (κ3) is 4.94. The van der Waals surface area contributed by atoms with E-state index in [0.29, 0.717) is 18.7 Å². The van der Waals surface area contributed by atoms with Crippen molar-refractivity contribution in [3.05, 3.63) is 95.7 Å². The van der Waals surface area contributed by atoms with Crippen molar-refractivity contribution >= 4 is 11.7 Å². The molecule has 3 aromatic rings.